The highest BCUT2D eigenvalue weighted by atomic mass is 16.2. The molecule has 0 heterocycles. The minimum absolute atomic E-state index is 0.181. The molecule has 1 atom stereocenters. The van der Waals surface area contributed by atoms with Gasteiger partial charge in [0.1, 0.15) is 0 Å². The van der Waals surface area contributed by atoms with Crippen molar-refractivity contribution in [2.75, 3.05) is 20.1 Å². The molecule has 0 bridgehead atoms. The van der Waals surface area contributed by atoms with E-state index in [4.69, 9.17) is 0 Å². The van der Waals surface area contributed by atoms with E-state index < -0.39 is 0 Å². The van der Waals surface area contributed by atoms with E-state index >= 15 is 0 Å². The van der Waals surface area contributed by atoms with E-state index in [0.717, 1.165) is 12.1 Å². The Kier molecular flexibility index (Phi) is 8.28. The molecule has 0 unspecified atom stereocenters. The first-order valence-electron chi connectivity index (χ1n) is 9.69. The summed E-state index contributed by atoms with van der Waals surface area (Å²) in [4.78, 5) is 17.7. The second kappa shape index (κ2) is 10.7. The molecule has 27 heavy (non-hydrogen) atoms. The van der Waals surface area contributed by atoms with Crippen molar-refractivity contribution in [1.82, 2.24) is 9.80 Å². The molecule has 0 N–H and O–H groups in total. The maximum Gasteiger partial charge on any atom is 0.240 e. The minimum atomic E-state index is -0.201. The Morgan fingerprint density at radius 2 is 1.56 bits per heavy atom. The van der Waals surface area contributed by atoms with Crippen LogP contribution < -0.4 is 0 Å². The van der Waals surface area contributed by atoms with Gasteiger partial charge in [-0.3, -0.25) is 9.69 Å². The van der Waals surface area contributed by atoms with Crippen LogP contribution >= 0.6 is 0 Å². The standard InChI is InChI=1S/C24H32N2O/c1-5-16-25(4)23(17-21-12-8-6-9-13-21)24(27)26(18-20(2)3)19-22-14-10-7-11-15-22/h5-15,20,23H,1,16-19H2,2-4H3/t23-/m1/s1. The molecule has 3 nitrogen and oxygen atoms in total. The first kappa shape index (κ1) is 20.9. The monoisotopic (exact) mass is 364 g/mol. The maximum atomic E-state index is 13.6. The average molecular weight is 365 g/mol. The third kappa shape index (κ3) is 6.69. The molecular formula is C24H32N2O. The van der Waals surface area contributed by atoms with Crippen molar-refractivity contribution in [3.63, 3.8) is 0 Å². The van der Waals surface area contributed by atoms with Gasteiger partial charge in [0.15, 0.2) is 0 Å². The van der Waals surface area contributed by atoms with Gasteiger partial charge in [-0.1, -0.05) is 80.6 Å². The van der Waals surface area contributed by atoms with Crippen LogP contribution in [0.5, 0.6) is 0 Å². The fourth-order valence-corrected chi connectivity index (χ4v) is 3.29. The van der Waals surface area contributed by atoms with E-state index in [1.54, 1.807) is 0 Å². The average Bonchev–Trinajstić information content (AvgIpc) is 2.66. The first-order chi connectivity index (χ1) is 13.0. The Balaban J connectivity index is 2.25. The summed E-state index contributed by atoms with van der Waals surface area (Å²) in [6, 6.07) is 20.3. The number of rotatable bonds is 10. The maximum absolute atomic E-state index is 13.6. The van der Waals surface area contributed by atoms with Crippen LogP contribution in [0.25, 0.3) is 0 Å². The predicted molar refractivity (Wildman–Crippen MR) is 113 cm³/mol. The smallest absolute Gasteiger partial charge is 0.240 e. The summed E-state index contributed by atoms with van der Waals surface area (Å²) in [5, 5.41) is 0. The fourth-order valence-electron chi connectivity index (χ4n) is 3.29. The molecule has 0 spiro atoms. The van der Waals surface area contributed by atoms with Crippen LogP contribution in [-0.2, 0) is 17.8 Å². The molecule has 0 fully saturated rings. The van der Waals surface area contributed by atoms with Crippen molar-refractivity contribution in [2.24, 2.45) is 5.92 Å². The molecule has 0 aliphatic rings. The van der Waals surface area contributed by atoms with Gasteiger partial charge in [-0.2, -0.15) is 0 Å². The van der Waals surface area contributed by atoms with Crippen LogP contribution in [0, 0.1) is 5.92 Å². The van der Waals surface area contributed by atoms with Crippen LogP contribution in [0.1, 0.15) is 25.0 Å². The molecule has 0 saturated heterocycles. The largest absolute Gasteiger partial charge is 0.337 e. The zero-order valence-corrected chi connectivity index (χ0v) is 16.8. The van der Waals surface area contributed by atoms with Crippen molar-refractivity contribution in [1.29, 1.82) is 0 Å². The number of amides is 1. The summed E-state index contributed by atoms with van der Waals surface area (Å²) >= 11 is 0. The van der Waals surface area contributed by atoms with Crippen molar-refractivity contribution >= 4 is 5.91 Å². The van der Waals surface area contributed by atoms with Crippen molar-refractivity contribution in [2.45, 2.75) is 32.9 Å². The number of likely N-dealkylation sites (N-methyl/N-ethyl adjacent to an activating group) is 1. The lowest BCUT2D eigenvalue weighted by Gasteiger charge is -2.33. The fraction of sp³-hybridized carbons (Fsp3) is 0.375. The molecular weight excluding hydrogens is 332 g/mol. The van der Waals surface area contributed by atoms with E-state index in [0.29, 0.717) is 25.4 Å². The highest BCUT2D eigenvalue weighted by Crippen LogP contribution is 2.15. The summed E-state index contributed by atoms with van der Waals surface area (Å²) in [6.07, 6.45) is 2.56. The molecule has 0 aromatic heterocycles. The Labute approximate surface area is 164 Å². The van der Waals surface area contributed by atoms with Gasteiger partial charge in [0.25, 0.3) is 0 Å². The summed E-state index contributed by atoms with van der Waals surface area (Å²) in [5.41, 5.74) is 2.34. The third-order valence-electron chi connectivity index (χ3n) is 4.62. The van der Waals surface area contributed by atoms with Gasteiger partial charge in [-0.15, -0.1) is 6.58 Å². The van der Waals surface area contributed by atoms with Gasteiger partial charge in [0, 0.05) is 19.6 Å². The van der Waals surface area contributed by atoms with Crippen LogP contribution in [0.15, 0.2) is 73.3 Å². The highest BCUT2D eigenvalue weighted by Gasteiger charge is 2.28. The number of hydrogen-bond donors (Lipinski definition) is 0. The molecule has 2 rings (SSSR count). The summed E-state index contributed by atoms with van der Waals surface area (Å²) in [7, 11) is 2.00. The molecule has 0 saturated carbocycles. The Morgan fingerprint density at radius 1 is 1.00 bits per heavy atom. The van der Waals surface area contributed by atoms with E-state index in [2.05, 4.69) is 49.6 Å². The third-order valence-corrected chi connectivity index (χ3v) is 4.62. The van der Waals surface area contributed by atoms with Gasteiger partial charge < -0.3 is 4.90 Å². The molecule has 0 aliphatic carbocycles. The summed E-state index contributed by atoms with van der Waals surface area (Å²) < 4.78 is 0. The quantitative estimate of drug-likeness (QED) is 0.583. The zero-order chi connectivity index (χ0) is 19.6. The Bertz CT molecular complexity index is 697. The number of nitrogens with zero attached hydrogens (tertiary/aromatic N) is 2. The number of benzene rings is 2. The first-order valence-corrected chi connectivity index (χ1v) is 9.69. The molecule has 0 radical (unpaired) electrons. The number of carbonyl (C=O) groups excluding carboxylic acids is 1. The highest BCUT2D eigenvalue weighted by molar-refractivity contribution is 5.82. The summed E-state index contributed by atoms with van der Waals surface area (Å²) in [5.74, 6) is 0.598. The molecule has 3 heteroatoms. The summed E-state index contributed by atoms with van der Waals surface area (Å²) in [6.45, 7) is 10.2. The normalized spacial score (nSPS) is 12.2. The number of hydrogen-bond acceptors (Lipinski definition) is 2. The van der Waals surface area contributed by atoms with Gasteiger partial charge in [0.2, 0.25) is 5.91 Å². The lowest BCUT2D eigenvalue weighted by molar-refractivity contribution is -0.137. The minimum Gasteiger partial charge on any atom is -0.337 e. The van der Waals surface area contributed by atoms with Crippen LogP contribution in [0.3, 0.4) is 0 Å². The molecule has 144 valence electrons. The van der Waals surface area contributed by atoms with Crippen molar-refractivity contribution in [3.8, 4) is 0 Å². The van der Waals surface area contributed by atoms with Gasteiger partial charge in [-0.25, -0.2) is 0 Å². The van der Waals surface area contributed by atoms with E-state index in [-0.39, 0.29) is 11.9 Å². The second-order valence-electron chi connectivity index (χ2n) is 7.53. The molecule has 0 aliphatic heterocycles. The van der Waals surface area contributed by atoms with Crippen molar-refractivity contribution < 1.29 is 4.79 Å². The van der Waals surface area contributed by atoms with Gasteiger partial charge in [0.05, 0.1) is 6.04 Å². The second-order valence-corrected chi connectivity index (χ2v) is 7.53. The molecule has 2 aromatic rings. The van der Waals surface area contributed by atoms with E-state index in [1.807, 2.05) is 54.4 Å². The van der Waals surface area contributed by atoms with Gasteiger partial charge in [-0.05, 0) is 30.5 Å². The van der Waals surface area contributed by atoms with Crippen LogP contribution in [0.4, 0.5) is 0 Å². The topological polar surface area (TPSA) is 23.6 Å². The lowest BCUT2D eigenvalue weighted by Crippen LogP contribution is -2.49. The van der Waals surface area contributed by atoms with E-state index in [9.17, 15) is 4.79 Å². The van der Waals surface area contributed by atoms with E-state index in [1.165, 1.54) is 5.56 Å². The Morgan fingerprint density at radius 3 is 2.07 bits per heavy atom. The number of carbonyl (C=O) groups is 1. The Hall–Kier alpha value is -2.39. The van der Waals surface area contributed by atoms with Crippen molar-refractivity contribution in [3.05, 3.63) is 84.4 Å². The molecule has 1 amide bonds. The SMILES string of the molecule is C=CCN(C)[C@H](Cc1ccccc1)C(=O)N(Cc1ccccc1)CC(C)C. The lowest BCUT2D eigenvalue weighted by atomic mass is 10.0. The molecule has 2 aromatic carbocycles. The van der Waals surface area contributed by atoms with Crippen LogP contribution in [0.2, 0.25) is 0 Å². The zero-order valence-electron chi connectivity index (χ0n) is 16.8. The predicted octanol–water partition coefficient (Wildman–Crippen LogP) is 4.40. The van der Waals surface area contributed by atoms with Crippen LogP contribution in [-0.4, -0.2) is 41.9 Å². The van der Waals surface area contributed by atoms with Gasteiger partial charge >= 0.3 is 0 Å².